The molecule has 2 aromatic carbocycles. The van der Waals surface area contributed by atoms with Crippen molar-refractivity contribution in [3.8, 4) is 5.75 Å². The average molecular weight is 368 g/mol. The smallest absolute Gasteiger partial charge is 0.274 e. The molecule has 1 heterocycles. The number of hydrogen-bond acceptors (Lipinski definition) is 4. The van der Waals surface area contributed by atoms with Gasteiger partial charge in [-0.3, -0.25) is 9.78 Å². The third-order valence-corrected chi connectivity index (χ3v) is 3.91. The quantitative estimate of drug-likeness (QED) is 0.634. The van der Waals surface area contributed by atoms with Crippen LogP contribution < -0.4 is 15.4 Å². The van der Waals surface area contributed by atoms with Gasteiger partial charge in [-0.25, -0.2) is 0 Å². The zero-order valence-corrected chi connectivity index (χ0v) is 15.0. The van der Waals surface area contributed by atoms with E-state index in [2.05, 4.69) is 15.6 Å². The maximum atomic E-state index is 12.6. The van der Waals surface area contributed by atoms with E-state index in [4.69, 9.17) is 16.3 Å². The summed E-state index contributed by atoms with van der Waals surface area (Å²) in [6.07, 6.45) is 1.57. The Kier molecular flexibility index (Phi) is 5.71. The first-order valence-electron chi connectivity index (χ1n) is 8.18. The van der Waals surface area contributed by atoms with Gasteiger partial charge in [0.25, 0.3) is 5.91 Å². The standard InChI is InChI=1S/C20H18ClN3O2/c1-2-26-19-10-6-5-9-17(19)24-20(25)18-13-14(11-12-22-18)23-16-8-4-3-7-15(16)21/h3-13H,2H2,1H3,(H,22,23)(H,24,25). The summed E-state index contributed by atoms with van der Waals surface area (Å²) >= 11 is 6.16. The predicted octanol–water partition coefficient (Wildman–Crippen LogP) is 5.13. The molecule has 5 nitrogen and oxygen atoms in total. The molecule has 3 rings (SSSR count). The number of ether oxygens (including phenoxy) is 1. The number of anilines is 3. The first kappa shape index (κ1) is 17.8. The van der Waals surface area contributed by atoms with E-state index in [1.165, 1.54) is 0 Å². The molecule has 0 spiro atoms. The van der Waals surface area contributed by atoms with Crippen LogP contribution in [0.15, 0.2) is 66.9 Å². The number of benzene rings is 2. The minimum Gasteiger partial charge on any atom is -0.492 e. The van der Waals surface area contributed by atoms with Crippen LogP contribution in [0.1, 0.15) is 17.4 Å². The predicted molar refractivity (Wildman–Crippen MR) is 105 cm³/mol. The number of aromatic nitrogens is 1. The molecule has 1 aromatic heterocycles. The van der Waals surface area contributed by atoms with Crippen molar-refractivity contribution in [3.05, 3.63) is 77.6 Å². The van der Waals surface area contributed by atoms with Crippen molar-refractivity contribution >= 4 is 34.6 Å². The Morgan fingerprint density at radius 2 is 1.81 bits per heavy atom. The van der Waals surface area contributed by atoms with Crippen LogP contribution in [0, 0.1) is 0 Å². The van der Waals surface area contributed by atoms with E-state index in [1.807, 2.05) is 43.3 Å². The van der Waals surface area contributed by atoms with E-state index in [0.29, 0.717) is 23.1 Å². The number of pyridine rings is 1. The Hall–Kier alpha value is -3.05. The van der Waals surface area contributed by atoms with Crippen molar-refractivity contribution in [2.45, 2.75) is 6.92 Å². The summed E-state index contributed by atoms with van der Waals surface area (Å²) in [5, 5.41) is 6.62. The Labute approximate surface area is 157 Å². The van der Waals surface area contributed by atoms with Crippen LogP contribution in [0.5, 0.6) is 5.75 Å². The Balaban J connectivity index is 1.78. The Morgan fingerprint density at radius 3 is 2.58 bits per heavy atom. The lowest BCUT2D eigenvalue weighted by Gasteiger charge is -2.12. The maximum absolute atomic E-state index is 12.6. The summed E-state index contributed by atoms with van der Waals surface area (Å²) in [5.74, 6) is 0.300. The minimum atomic E-state index is -0.319. The van der Waals surface area contributed by atoms with E-state index in [-0.39, 0.29) is 11.6 Å². The summed E-state index contributed by atoms with van der Waals surface area (Å²) in [6, 6.07) is 18.1. The zero-order valence-electron chi connectivity index (χ0n) is 14.2. The second-order valence-electron chi connectivity index (χ2n) is 5.42. The van der Waals surface area contributed by atoms with Crippen molar-refractivity contribution < 1.29 is 9.53 Å². The van der Waals surface area contributed by atoms with Gasteiger partial charge in [-0.1, -0.05) is 35.9 Å². The van der Waals surface area contributed by atoms with Crippen molar-refractivity contribution in [1.82, 2.24) is 4.98 Å². The van der Waals surface area contributed by atoms with Gasteiger partial charge in [-0.15, -0.1) is 0 Å². The van der Waals surface area contributed by atoms with Crippen LogP contribution >= 0.6 is 11.6 Å². The average Bonchev–Trinajstić information content (AvgIpc) is 2.66. The summed E-state index contributed by atoms with van der Waals surface area (Å²) in [7, 11) is 0. The third kappa shape index (κ3) is 4.32. The van der Waals surface area contributed by atoms with Gasteiger partial charge >= 0.3 is 0 Å². The highest BCUT2D eigenvalue weighted by atomic mass is 35.5. The lowest BCUT2D eigenvalue weighted by Crippen LogP contribution is -2.14. The third-order valence-electron chi connectivity index (χ3n) is 3.58. The van der Waals surface area contributed by atoms with Crippen LogP contribution in [0.4, 0.5) is 17.1 Å². The summed E-state index contributed by atoms with van der Waals surface area (Å²) in [6.45, 7) is 2.41. The van der Waals surface area contributed by atoms with Gasteiger partial charge in [0.05, 0.1) is 23.0 Å². The number of halogens is 1. The van der Waals surface area contributed by atoms with E-state index < -0.39 is 0 Å². The van der Waals surface area contributed by atoms with Crippen molar-refractivity contribution in [2.24, 2.45) is 0 Å². The van der Waals surface area contributed by atoms with Crippen molar-refractivity contribution in [3.63, 3.8) is 0 Å². The van der Waals surface area contributed by atoms with Gasteiger partial charge in [0.2, 0.25) is 0 Å². The molecule has 6 heteroatoms. The molecule has 132 valence electrons. The van der Waals surface area contributed by atoms with Gasteiger partial charge in [0.1, 0.15) is 11.4 Å². The van der Waals surface area contributed by atoms with E-state index in [9.17, 15) is 4.79 Å². The summed E-state index contributed by atoms with van der Waals surface area (Å²) in [5.41, 5.74) is 2.36. The van der Waals surface area contributed by atoms with E-state index in [1.54, 1.807) is 30.5 Å². The molecule has 2 N–H and O–H groups in total. The normalized spacial score (nSPS) is 10.2. The number of nitrogens with zero attached hydrogens (tertiary/aromatic N) is 1. The molecule has 0 aliphatic rings. The second kappa shape index (κ2) is 8.36. The molecule has 26 heavy (non-hydrogen) atoms. The molecule has 0 atom stereocenters. The molecule has 0 bridgehead atoms. The fourth-order valence-corrected chi connectivity index (χ4v) is 2.57. The van der Waals surface area contributed by atoms with Crippen LogP contribution in [0.2, 0.25) is 5.02 Å². The molecule has 0 unspecified atom stereocenters. The van der Waals surface area contributed by atoms with E-state index >= 15 is 0 Å². The summed E-state index contributed by atoms with van der Waals surface area (Å²) in [4.78, 5) is 16.7. The highest BCUT2D eigenvalue weighted by Crippen LogP contribution is 2.26. The first-order valence-corrected chi connectivity index (χ1v) is 8.56. The number of nitrogens with one attached hydrogen (secondary N) is 2. The SMILES string of the molecule is CCOc1ccccc1NC(=O)c1cc(Nc2ccccc2Cl)ccn1. The monoisotopic (exact) mass is 367 g/mol. The number of amides is 1. The molecular formula is C20H18ClN3O2. The molecule has 0 saturated heterocycles. The van der Waals surface area contributed by atoms with Crippen LogP contribution in [-0.2, 0) is 0 Å². The topological polar surface area (TPSA) is 63.2 Å². The maximum Gasteiger partial charge on any atom is 0.274 e. The second-order valence-corrected chi connectivity index (χ2v) is 5.83. The largest absolute Gasteiger partial charge is 0.492 e. The highest BCUT2D eigenvalue weighted by molar-refractivity contribution is 6.33. The van der Waals surface area contributed by atoms with Gasteiger partial charge in [-0.05, 0) is 43.3 Å². The highest BCUT2D eigenvalue weighted by Gasteiger charge is 2.12. The van der Waals surface area contributed by atoms with Gasteiger partial charge < -0.3 is 15.4 Å². The number of para-hydroxylation sites is 3. The van der Waals surface area contributed by atoms with E-state index in [0.717, 1.165) is 11.4 Å². The Bertz CT molecular complexity index is 915. The number of carbonyl (C=O) groups excluding carboxylic acids is 1. The Morgan fingerprint density at radius 1 is 1.08 bits per heavy atom. The van der Waals surface area contributed by atoms with Crippen molar-refractivity contribution in [1.29, 1.82) is 0 Å². The van der Waals surface area contributed by atoms with Gasteiger partial charge in [-0.2, -0.15) is 0 Å². The lowest BCUT2D eigenvalue weighted by molar-refractivity contribution is 0.102. The minimum absolute atomic E-state index is 0.286. The molecule has 0 radical (unpaired) electrons. The van der Waals surface area contributed by atoms with Crippen LogP contribution in [-0.4, -0.2) is 17.5 Å². The molecule has 3 aromatic rings. The molecule has 0 aliphatic heterocycles. The molecule has 0 aliphatic carbocycles. The number of hydrogen-bond donors (Lipinski definition) is 2. The van der Waals surface area contributed by atoms with Crippen LogP contribution in [0.3, 0.4) is 0 Å². The first-order chi connectivity index (χ1) is 12.7. The van der Waals surface area contributed by atoms with Gasteiger partial charge in [0, 0.05) is 11.9 Å². The van der Waals surface area contributed by atoms with Crippen LogP contribution in [0.25, 0.3) is 0 Å². The van der Waals surface area contributed by atoms with Gasteiger partial charge in [0.15, 0.2) is 0 Å². The number of carbonyl (C=O) groups is 1. The summed E-state index contributed by atoms with van der Waals surface area (Å²) < 4.78 is 5.53. The molecular weight excluding hydrogens is 350 g/mol. The number of rotatable bonds is 6. The lowest BCUT2D eigenvalue weighted by atomic mass is 10.2. The fourth-order valence-electron chi connectivity index (χ4n) is 2.39. The molecule has 1 amide bonds. The molecule has 0 fully saturated rings. The van der Waals surface area contributed by atoms with Crippen molar-refractivity contribution in [2.75, 3.05) is 17.2 Å². The zero-order chi connectivity index (χ0) is 18.4. The molecule has 0 saturated carbocycles. The fraction of sp³-hybridized carbons (Fsp3) is 0.100.